The number of nitrogens with one attached hydrogen (secondary N) is 1. The fourth-order valence-electron chi connectivity index (χ4n) is 1.86. The Morgan fingerprint density at radius 1 is 1.11 bits per heavy atom. The van der Waals surface area contributed by atoms with Crippen LogP contribution in [0.15, 0.2) is 40.9 Å². The van der Waals surface area contributed by atoms with E-state index in [-0.39, 0.29) is 0 Å². The van der Waals surface area contributed by atoms with Crippen molar-refractivity contribution >= 4 is 27.3 Å². The molecule has 94 valence electrons. The van der Waals surface area contributed by atoms with Gasteiger partial charge in [-0.1, -0.05) is 39.7 Å². The van der Waals surface area contributed by atoms with Crippen molar-refractivity contribution in [2.24, 2.45) is 0 Å². The molecule has 0 heterocycles. The van der Waals surface area contributed by atoms with E-state index < -0.39 is 0 Å². The van der Waals surface area contributed by atoms with Gasteiger partial charge in [0.2, 0.25) is 0 Å². The fraction of sp³-hybridized carbons (Fsp3) is 0.200. The van der Waals surface area contributed by atoms with E-state index >= 15 is 0 Å². The average Bonchev–Trinajstić information content (AvgIpc) is 2.34. The van der Waals surface area contributed by atoms with E-state index in [0.717, 1.165) is 22.4 Å². The number of hydrogen-bond donors (Lipinski definition) is 2. The normalized spacial score (nSPS) is 10.4. The van der Waals surface area contributed by atoms with Crippen molar-refractivity contribution in [2.45, 2.75) is 20.4 Å². The zero-order valence-corrected chi connectivity index (χ0v) is 12.2. The van der Waals surface area contributed by atoms with Gasteiger partial charge in [0.15, 0.2) is 0 Å². The molecule has 0 fully saturated rings. The summed E-state index contributed by atoms with van der Waals surface area (Å²) in [6, 6.07) is 12.3. The summed E-state index contributed by atoms with van der Waals surface area (Å²) in [7, 11) is 0. The maximum atomic E-state index is 5.94. The molecule has 2 aromatic carbocycles. The smallest absolute Gasteiger partial charge is 0.0587 e. The number of benzene rings is 2. The Labute approximate surface area is 116 Å². The second kappa shape index (κ2) is 5.44. The highest BCUT2D eigenvalue weighted by Gasteiger charge is 2.02. The van der Waals surface area contributed by atoms with E-state index in [9.17, 15) is 0 Å². The SMILES string of the molecule is Cc1ccc(C)c(CNc2cc(Br)ccc2N)c1. The van der Waals surface area contributed by atoms with Gasteiger partial charge < -0.3 is 11.1 Å². The first-order chi connectivity index (χ1) is 8.56. The molecule has 0 aliphatic heterocycles. The summed E-state index contributed by atoms with van der Waals surface area (Å²) in [5, 5.41) is 3.38. The van der Waals surface area contributed by atoms with Gasteiger partial charge in [-0.05, 0) is 43.2 Å². The van der Waals surface area contributed by atoms with Crippen molar-refractivity contribution in [2.75, 3.05) is 11.1 Å². The summed E-state index contributed by atoms with van der Waals surface area (Å²) in [4.78, 5) is 0. The standard InChI is InChI=1S/C15H17BrN2/c1-10-3-4-11(2)12(7-10)9-18-15-8-13(16)5-6-14(15)17/h3-8,18H,9,17H2,1-2H3. The predicted octanol–water partition coefficient (Wildman–Crippen LogP) is 4.26. The number of anilines is 2. The zero-order chi connectivity index (χ0) is 13.1. The highest BCUT2D eigenvalue weighted by molar-refractivity contribution is 9.10. The highest BCUT2D eigenvalue weighted by Crippen LogP contribution is 2.24. The molecule has 2 rings (SSSR count). The monoisotopic (exact) mass is 304 g/mol. The van der Waals surface area contributed by atoms with Gasteiger partial charge >= 0.3 is 0 Å². The maximum absolute atomic E-state index is 5.94. The van der Waals surface area contributed by atoms with E-state index in [4.69, 9.17) is 5.73 Å². The van der Waals surface area contributed by atoms with Crippen molar-refractivity contribution in [3.05, 3.63) is 57.6 Å². The van der Waals surface area contributed by atoms with E-state index in [1.807, 2.05) is 18.2 Å². The molecule has 0 aliphatic rings. The number of rotatable bonds is 3. The molecule has 0 saturated carbocycles. The van der Waals surface area contributed by atoms with Crippen molar-refractivity contribution in [3.8, 4) is 0 Å². The number of nitrogen functional groups attached to an aromatic ring is 1. The van der Waals surface area contributed by atoms with Gasteiger partial charge in [-0.3, -0.25) is 0 Å². The molecule has 2 nitrogen and oxygen atoms in total. The second-order valence-electron chi connectivity index (χ2n) is 4.52. The summed E-state index contributed by atoms with van der Waals surface area (Å²) in [6.45, 7) is 5.02. The first-order valence-electron chi connectivity index (χ1n) is 5.91. The number of nitrogens with two attached hydrogens (primary N) is 1. The Bertz CT molecular complexity index is 513. The van der Waals surface area contributed by atoms with Crippen molar-refractivity contribution in [1.82, 2.24) is 0 Å². The molecular weight excluding hydrogens is 288 g/mol. The molecule has 2 aromatic rings. The third-order valence-electron chi connectivity index (χ3n) is 2.99. The van der Waals surface area contributed by atoms with Crippen LogP contribution in [0, 0.1) is 13.8 Å². The van der Waals surface area contributed by atoms with Crippen LogP contribution in [0.5, 0.6) is 0 Å². The summed E-state index contributed by atoms with van der Waals surface area (Å²) in [6.07, 6.45) is 0. The minimum absolute atomic E-state index is 0.767. The number of halogens is 1. The molecule has 0 atom stereocenters. The summed E-state index contributed by atoms with van der Waals surface area (Å²) < 4.78 is 1.03. The van der Waals surface area contributed by atoms with Gasteiger partial charge in [0, 0.05) is 11.0 Å². The first-order valence-corrected chi connectivity index (χ1v) is 6.70. The molecule has 0 bridgehead atoms. The van der Waals surface area contributed by atoms with Crippen LogP contribution in [0.25, 0.3) is 0 Å². The van der Waals surface area contributed by atoms with Crippen LogP contribution < -0.4 is 11.1 Å². The first kappa shape index (κ1) is 13.0. The molecule has 0 saturated heterocycles. The van der Waals surface area contributed by atoms with Gasteiger partial charge in [-0.15, -0.1) is 0 Å². The van der Waals surface area contributed by atoms with Gasteiger partial charge in [0.25, 0.3) is 0 Å². The van der Waals surface area contributed by atoms with Crippen LogP contribution in [0.3, 0.4) is 0 Å². The van der Waals surface area contributed by atoms with Crippen molar-refractivity contribution in [3.63, 3.8) is 0 Å². The zero-order valence-electron chi connectivity index (χ0n) is 10.6. The Hall–Kier alpha value is -1.48. The van der Waals surface area contributed by atoms with Crippen LogP contribution >= 0.6 is 15.9 Å². The molecule has 0 spiro atoms. The molecule has 18 heavy (non-hydrogen) atoms. The highest BCUT2D eigenvalue weighted by atomic mass is 79.9. The molecule has 0 radical (unpaired) electrons. The molecule has 3 heteroatoms. The summed E-state index contributed by atoms with van der Waals surface area (Å²) in [5.74, 6) is 0. The topological polar surface area (TPSA) is 38.0 Å². The van der Waals surface area contributed by atoms with E-state index in [2.05, 4.69) is 53.3 Å². The molecule has 0 unspecified atom stereocenters. The van der Waals surface area contributed by atoms with Crippen LogP contribution in [-0.4, -0.2) is 0 Å². The second-order valence-corrected chi connectivity index (χ2v) is 5.43. The lowest BCUT2D eigenvalue weighted by molar-refractivity contribution is 1.11. The fourth-order valence-corrected chi connectivity index (χ4v) is 2.22. The molecule has 3 N–H and O–H groups in total. The van der Waals surface area contributed by atoms with Gasteiger partial charge in [-0.2, -0.15) is 0 Å². The Morgan fingerprint density at radius 3 is 2.67 bits per heavy atom. The van der Waals surface area contributed by atoms with Crippen LogP contribution in [-0.2, 0) is 6.54 Å². The molecule has 0 aromatic heterocycles. The van der Waals surface area contributed by atoms with Gasteiger partial charge in [-0.25, -0.2) is 0 Å². The Balaban J connectivity index is 2.16. The summed E-state index contributed by atoms with van der Waals surface area (Å²) in [5.41, 5.74) is 11.5. The molecule has 0 amide bonds. The third kappa shape index (κ3) is 3.05. The quantitative estimate of drug-likeness (QED) is 0.832. The molecule has 0 aliphatic carbocycles. The Kier molecular flexibility index (Phi) is 3.92. The lowest BCUT2D eigenvalue weighted by Gasteiger charge is -2.12. The largest absolute Gasteiger partial charge is 0.397 e. The van der Waals surface area contributed by atoms with E-state index in [1.54, 1.807) is 0 Å². The van der Waals surface area contributed by atoms with Crippen LogP contribution in [0.2, 0.25) is 0 Å². The van der Waals surface area contributed by atoms with E-state index in [0.29, 0.717) is 0 Å². The van der Waals surface area contributed by atoms with Crippen LogP contribution in [0.1, 0.15) is 16.7 Å². The van der Waals surface area contributed by atoms with Gasteiger partial charge in [0.05, 0.1) is 11.4 Å². The van der Waals surface area contributed by atoms with Crippen LogP contribution in [0.4, 0.5) is 11.4 Å². The van der Waals surface area contributed by atoms with Crippen molar-refractivity contribution in [1.29, 1.82) is 0 Å². The van der Waals surface area contributed by atoms with E-state index in [1.165, 1.54) is 16.7 Å². The lowest BCUT2D eigenvalue weighted by atomic mass is 10.1. The molecular formula is C15H17BrN2. The van der Waals surface area contributed by atoms with Crippen molar-refractivity contribution < 1.29 is 0 Å². The number of aryl methyl sites for hydroxylation is 2. The number of hydrogen-bond acceptors (Lipinski definition) is 2. The minimum atomic E-state index is 0.767. The van der Waals surface area contributed by atoms with Gasteiger partial charge in [0.1, 0.15) is 0 Å². The third-order valence-corrected chi connectivity index (χ3v) is 3.48. The maximum Gasteiger partial charge on any atom is 0.0587 e. The lowest BCUT2D eigenvalue weighted by Crippen LogP contribution is -2.04. The Morgan fingerprint density at radius 2 is 1.89 bits per heavy atom. The predicted molar refractivity (Wildman–Crippen MR) is 81.8 cm³/mol. The minimum Gasteiger partial charge on any atom is -0.397 e. The summed E-state index contributed by atoms with van der Waals surface area (Å²) >= 11 is 3.45. The average molecular weight is 305 g/mol.